The van der Waals surface area contributed by atoms with Gasteiger partial charge in [-0.05, 0) is 32.9 Å². The number of nitrogens with two attached hydrogens (primary N) is 1. The number of aryl methyl sites for hydroxylation is 1. The van der Waals surface area contributed by atoms with Gasteiger partial charge in [0.1, 0.15) is 0 Å². The van der Waals surface area contributed by atoms with E-state index in [9.17, 15) is 0 Å². The fraction of sp³-hybridized carbons (Fsp3) is 0.700. The van der Waals surface area contributed by atoms with Crippen LogP contribution in [0, 0.1) is 12.8 Å². The maximum Gasteiger partial charge on any atom is 0.0898 e. The molecule has 78 valence electrons. The van der Waals surface area contributed by atoms with Crippen molar-refractivity contribution in [2.24, 2.45) is 11.7 Å². The molecule has 0 aliphatic carbocycles. The zero-order valence-corrected chi connectivity index (χ0v) is 9.55. The first kappa shape index (κ1) is 10.1. The summed E-state index contributed by atoms with van der Waals surface area (Å²) in [5, 5.41) is 3.21. The van der Waals surface area contributed by atoms with Crippen LogP contribution in [0.1, 0.15) is 23.2 Å². The molecule has 2 heterocycles. The Morgan fingerprint density at radius 1 is 1.71 bits per heavy atom. The van der Waals surface area contributed by atoms with Gasteiger partial charge in [0.2, 0.25) is 0 Å². The van der Waals surface area contributed by atoms with E-state index in [1.54, 1.807) is 11.3 Å². The zero-order chi connectivity index (χ0) is 10.1. The van der Waals surface area contributed by atoms with E-state index in [2.05, 4.69) is 22.3 Å². The van der Waals surface area contributed by atoms with E-state index in [1.165, 1.54) is 13.0 Å². The molecule has 1 aromatic heterocycles. The van der Waals surface area contributed by atoms with Gasteiger partial charge < -0.3 is 10.6 Å². The lowest BCUT2D eigenvalue weighted by Crippen LogP contribution is -2.24. The van der Waals surface area contributed by atoms with Gasteiger partial charge in [-0.2, -0.15) is 0 Å². The number of aromatic nitrogens is 1. The highest BCUT2D eigenvalue weighted by Gasteiger charge is 2.27. The summed E-state index contributed by atoms with van der Waals surface area (Å²) in [6, 6.07) is 0.130. The van der Waals surface area contributed by atoms with Gasteiger partial charge in [0, 0.05) is 11.9 Å². The third kappa shape index (κ3) is 1.97. The Labute approximate surface area is 88.9 Å². The largest absolute Gasteiger partial charge is 0.322 e. The fourth-order valence-electron chi connectivity index (χ4n) is 2.04. The fourth-order valence-corrected chi connectivity index (χ4v) is 2.70. The van der Waals surface area contributed by atoms with E-state index >= 15 is 0 Å². The minimum Gasteiger partial charge on any atom is -0.322 e. The van der Waals surface area contributed by atoms with Crippen molar-refractivity contribution in [1.82, 2.24) is 9.88 Å². The molecular weight excluding hydrogens is 194 g/mol. The van der Waals surface area contributed by atoms with E-state index in [4.69, 9.17) is 5.73 Å². The quantitative estimate of drug-likeness (QED) is 0.804. The van der Waals surface area contributed by atoms with E-state index in [1.807, 2.05) is 6.92 Å². The van der Waals surface area contributed by atoms with Crippen LogP contribution in [0.25, 0.3) is 0 Å². The minimum atomic E-state index is 0.130. The Bertz CT molecular complexity index is 310. The Balaban J connectivity index is 2.05. The van der Waals surface area contributed by atoms with E-state index in [-0.39, 0.29) is 6.04 Å². The summed E-state index contributed by atoms with van der Waals surface area (Å²) in [7, 11) is 2.15. The molecular formula is C10H17N3S. The van der Waals surface area contributed by atoms with Crippen LogP contribution in [0.3, 0.4) is 0 Å². The summed E-state index contributed by atoms with van der Waals surface area (Å²) < 4.78 is 0. The molecule has 1 fully saturated rings. The van der Waals surface area contributed by atoms with Crippen LogP contribution >= 0.6 is 11.3 Å². The standard InChI is InChI=1S/C10H17N3S/c1-7-12-9(6-14-7)10(11)8-3-4-13(2)5-8/h6,8,10H,3-5,11H2,1-2H3. The molecule has 2 N–H and O–H groups in total. The minimum absolute atomic E-state index is 0.130. The first-order valence-electron chi connectivity index (χ1n) is 5.03. The third-order valence-corrected chi connectivity index (χ3v) is 3.71. The first-order valence-corrected chi connectivity index (χ1v) is 5.91. The lowest BCUT2D eigenvalue weighted by molar-refractivity contribution is 0.370. The molecule has 0 saturated carbocycles. The van der Waals surface area contributed by atoms with Crippen LogP contribution in [-0.4, -0.2) is 30.0 Å². The molecule has 14 heavy (non-hydrogen) atoms. The molecule has 1 aliphatic heterocycles. The summed E-state index contributed by atoms with van der Waals surface area (Å²) in [6.45, 7) is 4.31. The molecule has 1 saturated heterocycles. The normalized spacial score (nSPS) is 25.5. The molecule has 4 heteroatoms. The van der Waals surface area contributed by atoms with Gasteiger partial charge in [0.25, 0.3) is 0 Å². The van der Waals surface area contributed by atoms with Crippen molar-refractivity contribution in [3.8, 4) is 0 Å². The summed E-state index contributed by atoms with van der Waals surface area (Å²) in [5.74, 6) is 0.585. The lowest BCUT2D eigenvalue weighted by atomic mass is 9.98. The van der Waals surface area contributed by atoms with Crippen molar-refractivity contribution in [2.75, 3.05) is 20.1 Å². The van der Waals surface area contributed by atoms with Crippen LogP contribution in [-0.2, 0) is 0 Å². The van der Waals surface area contributed by atoms with E-state index in [0.717, 1.165) is 17.2 Å². The monoisotopic (exact) mass is 211 g/mol. The van der Waals surface area contributed by atoms with Gasteiger partial charge in [-0.1, -0.05) is 0 Å². The van der Waals surface area contributed by atoms with Gasteiger partial charge in [-0.25, -0.2) is 4.98 Å². The van der Waals surface area contributed by atoms with Gasteiger partial charge >= 0.3 is 0 Å². The summed E-state index contributed by atoms with van der Waals surface area (Å²) >= 11 is 1.69. The molecule has 3 nitrogen and oxygen atoms in total. The molecule has 2 rings (SSSR count). The highest BCUT2D eigenvalue weighted by molar-refractivity contribution is 7.09. The molecule has 0 bridgehead atoms. The van der Waals surface area contributed by atoms with Crippen LogP contribution in [0.2, 0.25) is 0 Å². The highest BCUT2D eigenvalue weighted by Crippen LogP contribution is 2.27. The van der Waals surface area contributed by atoms with Gasteiger partial charge in [0.05, 0.1) is 16.7 Å². The number of hydrogen-bond acceptors (Lipinski definition) is 4. The second kappa shape index (κ2) is 3.96. The van der Waals surface area contributed by atoms with Gasteiger partial charge in [0.15, 0.2) is 0 Å². The van der Waals surface area contributed by atoms with E-state index < -0.39 is 0 Å². The predicted molar refractivity (Wildman–Crippen MR) is 59.4 cm³/mol. The molecule has 0 amide bonds. The molecule has 1 aliphatic rings. The number of rotatable bonds is 2. The second-order valence-electron chi connectivity index (χ2n) is 4.13. The maximum absolute atomic E-state index is 6.19. The van der Waals surface area contributed by atoms with Crippen molar-refractivity contribution < 1.29 is 0 Å². The topological polar surface area (TPSA) is 42.1 Å². The van der Waals surface area contributed by atoms with Gasteiger partial charge in [-0.15, -0.1) is 11.3 Å². The number of thiazole rings is 1. The Morgan fingerprint density at radius 3 is 3.00 bits per heavy atom. The summed E-state index contributed by atoms with van der Waals surface area (Å²) in [4.78, 5) is 6.79. The Kier molecular flexibility index (Phi) is 2.85. The van der Waals surface area contributed by atoms with Crippen molar-refractivity contribution in [3.05, 3.63) is 16.1 Å². The van der Waals surface area contributed by atoms with Crippen molar-refractivity contribution >= 4 is 11.3 Å². The molecule has 0 aromatic carbocycles. The molecule has 2 atom stereocenters. The van der Waals surface area contributed by atoms with E-state index in [0.29, 0.717) is 5.92 Å². The number of likely N-dealkylation sites (tertiary alicyclic amines) is 1. The van der Waals surface area contributed by atoms with Gasteiger partial charge in [-0.3, -0.25) is 0 Å². The average Bonchev–Trinajstić information content (AvgIpc) is 2.73. The highest BCUT2D eigenvalue weighted by atomic mass is 32.1. The number of nitrogens with zero attached hydrogens (tertiary/aromatic N) is 2. The van der Waals surface area contributed by atoms with Crippen molar-refractivity contribution in [2.45, 2.75) is 19.4 Å². The Hall–Kier alpha value is -0.450. The summed E-state index contributed by atoms with van der Waals surface area (Å²) in [5.41, 5.74) is 7.27. The lowest BCUT2D eigenvalue weighted by Gasteiger charge is -2.16. The third-order valence-electron chi connectivity index (χ3n) is 2.91. The van der Waals surface area contributed by atoms with Crippen LogP contribution in [0.5, 0.6) is 0 Å². The Morgan fingerprint density at radius 2 is 2.50 bits per heavy atom. The van der Waals surface area contributed by atoms with Crippen LogP contribution in [0.15, 0.2) is 5.38 Å². The first-order chi connectivity index (χ1) is 6.66. The second-order valence-corrected chi connectivity index (χ2v) is 5.19. The maximum atomic E-state index is 6.19. The number of hydrogen-bond donors (Lipinski definition) is 1. The molecule has 1 aromatic rings. The predicted octanol–water partition coefficient (Wildman–Crippen LogP) is 1.40. The average molecular weight is 211 g/mol. The molecule has 0 radical (unpaired) electrons. The smallest absolute Gasteiger partial charge is 0.0898 e. The molecule has 0 spiro atoms. The summed E-state index contributed by atoms with van der Waals surface area (Å²) in [6.07, 6.45) is 1.20. The zero-order valence-electron chi connectivity index (χ0n) is 8.73. The van der Waals surface area contributed by atoms with Crippen LogP contribution < -0.4 is 5.73 Å². The van der Waals surface area contributed by atoms with Crippen LogP contribution in [0.4, 0.5) is 0 Å². The van der Waals surface area contributed by atoms with Crippen molar-refractivity contribution in [1.29, 1.82) is 0 Å². The van der Waals surface area contributed by atoms with Crippen molar-refractivity contribution in [3.63, 3.8) is 0 Å². The SMILES string of the molecule is Cc1nc(C(N)C2CCN(C)C2)cs1. The molecule has 2 unspecified atom stereocenters.